The molecule has 0 aliphatic carbocycles. The SMILES string of the molecule is CC(C)(F)Cn1nncc1CC(=O)O. The van der Waals surface area contributed by atoms with Crippen LogP contribution < -0.4 is 0 Å². The average molecular weight is 201 g/mol. The lowest BCUT2D eigenvalue weighted by Crippen LogP contribution is -2.23. The molecule has 0 aliphatic rings. The average Bonchev–Trinajstić information content (AvgIpc) is 2.32. The molecule has 14 heavy (non-hydrogen) atoms. The van der Waals surface area contributed by atoms with E-state index in [1.807, 2.05) is 0 Å². The minimum absolute atomic E-state index is 0.00954. The molecule has 78 valence electrons. The topological polar surface area (TPSA) is 68.0 Å². The molecule has 0 amide bonds. The fourth-order valence-corrected chi connectivity index (χ4v) is 1.06. The molecule has 0 spiro atoms. The van der Waals surface area contributed by atoms with Gasteiger partial charge in [0, 0.05) is 0 Å². The van der Waals surface area contributed by atoms with Gasteiger partial charge in [-0.2, -0.15) is 0 Å². The largest absolute Gasteiger partial charge is 0.481 e. The normalized spacial score (nSPS) is 11.6. The maximum absolute atomic E-state index is 13.2. The van der Waals surface area contributed by atoms with Gasteiger partial charge in [0.15, 0.2) is 0 Å². The zero-order valence-electron chi connectivity index (χ0n) is 8.07. The number of nitrogens with zero attached hydrogens (tertiary/aromatic N) is 3. The molecule has 1 heterocycles. The lowest BCUT2D eigenvalue weighted by atomic mass is 10.2. The Hall–Kier alpha value is -1.46. The van der Waals surface area contributed by atoms with Gasteiger partial charge in [0.2, 0.25) is 0 Å². The van der Waals surface area contributed by atoms with Crippen molar-refractivity contribution >= 4 is 5.97 Å². The Morgan fingerprint density at radius 3 is 2.86 bits per heavy atom. The number of rotatable bonds is 4. The first-order chi connectivity index (χ1) is 6.38. The predicted octanol–water partition coefficient (Wildman–Crippen LogP) is 0.653. The molecule has 1 rings (SSSR count). The van der Waals surface area contributed by atoms with Crippen LogP contribution in [-0.2, 0) is 17.8 Å². The summed E-state index contributed by atoms with van der Waals surface area (Å²) in [7, 11) is 0. The van der Waals surface area contributed by atoms with Crippen LogP contribution in [0.1, 0.15) is 19.5 Å². The fourth-order valence-electron chi connectivity index (χ4n) is 1.06. The third-order valence-corrected chi connectivity index (χ3v) is 1.56. The Labute approximate surface area is 80.5 Å². The monoisotopic (exact) mass is 201 g/mol. The number of aliphatic carboxylic acids is 1. The lowest BCUT2D eigenvalue weighted by Gasteiger charge is -2.14. The van der Waals surface area contributed by atoms with E-state index in [-0.39, 0.29) is 13.0 Å². The van der Waals surface area contributed by atoms with E-state index in [2.05, 4.69) is 10.3 Å². The Kier molecular flexibility index (Phi) is 2.83. The smallest absolute Gasteiger partial charge is 0.309 e. The minimum Gasteiger partial charge on any atom is -0.481 e. The van der Waals surface area contributed by atoms with Crippen molar-refractivity contribution in [1.82, 2.24) is 15.0 Å². The Morgan fingerprint density at radius 2 is 2.36 bits per heavy atom. The van der Waals surface area contributed by atoms with E-state index in [9.17, 15) is 9.18 Å². The highest BCUT2D eigenvalue weighted by molar-refractivity contribution is 5.69. The first kappa shape index (κ1) is 10.6. The zero-order valence-corrected chi connectivity index (χ0v) is 8.07. The maximum Gasteiger partial charge on any atom is 0.309 e. The van der Waals surface area contributed by atoms with Gasteiger partial charge >= 0.3 is 5.97 Å². The second kappa shape index (κ2) is 3.73. The summed E-state index contributed by atoms with van der Waals surface area (Å²) in [6.07, 6.45) is 1.14. The van der Waals surface area contributed by atoms with Crippen molar-refractivity contribution in [3.63, 3.8) is 0 Å². The molecule has 1 N–H and O–H groups in total. The van der Waals surface area contributed by atoms with Crippen LogP contribution in [0.4, 0.5) is 4.39 Å². The molecule has 0 atom stereocenters. The summed E-state index contributed by atoms with van der Waals surface area (Å²) in [4.78, 5) is 10.4. The van der Waals surface area contributed by atoms with E-state index in [4.69, 9.17) is 5.11 Å². The molecular weight excluding hydrogens is 189 g/mol. The van der Waals surface area contributed by atoms with Crippen molar-refractivity contribution in [3.05, 3.63) is 11.9 Å². The van der Waals surface area contributed by atoms with Gasteiger partial charge in [-0.05, 0) is 13.8 Å². The summed E-state index contributed by atoms with van der Waals surface area (Å²) in [5, 5.41) is 15.7. The highest BCUT2D eigenvalue weighted by atomic mass is 19.1. The molecule has 0 saturated carbocycles. The summed E-state index contributed by atoms with van der Waals surface area (Å²) in [5.41, 5.74) is -1.02. The second-order valence-electron chi connectivity index (χ2n) is 3.67. The number of halogens is 1. The van der Waals surface area contributed by atoms with Crippen LogP contribution in [0.15, 0.2) is 6.20 Å². The summed E-state index contributed by atoms with van der Waals surface area (Å²) in [5.74, 6) is -0.981. The molecule has 0 fully saturated rings. The highest BCUT2D eigenvalue weighted by Gasteiger charge is 2.19. The van der Waals surface area contributed by atoms with Gasteiger partial charge in [-0.25, -0.2) is 9.07 Å². The van der Waals surface area contributed by atoms with Gasteiger partial charge in [0.05, 0.1) is 24.9 Å². The van der Waals surface area contributed by atoms with Crippen LogP contribution in [0.2, 0.25) is 0 Å². The minimum atomic E-state index is -1.43. The third-order valence-electron chi connectivity index (χ3n) is 1.56. The number of carboxylic acids is 1. The van der Waals surface area contributed by atoms with Crippen LogP contribution in [0.25, 0.3) is 0 Å². The summed E-state index contributed by atoms with van der Waals surface area (Å²) in [6.45, 7) is 2.81. The van der Waals surface area contributed by atoms with Gasteiger partial charge in [-0.3, -0.25) is 4.79 Å². The Balaban J connectivity index is 2.77. The van der Waals surface area contributed by atoms with E-state index >= 15 is 0 Å². The van der Waals surface area contributed by atoms with Crippen molar-refractivity contribution in [2.24, 2.45) is 0 Å². The van der Waals surface area contributed by atoms with E-state index < -0.39 is 11.6 Å². The lowest BCUT2D eigenvalue weighted by molar-refractivity contribution is -0.136. The third kappa shape index (κ3) is 3.12. The molecule has 0 unspecified atom stereocenters. The maximum atomic E-state index is 13.2. The molecule has 1 aromatic heterocycles. The quantitative estimate of drug-likeness (QED) is 0.776. The van der Waals surface area contributed by atoms with Crippen molar-refractivity contribution in [2.45, 2.75) is 32.5 Å². The number of hydrogen-bond donors (Lipinski definition) is 1. The van der Waals surface area contributed by atoms with E-state index in [1.165, 1.54) is 24.7 Å². The van der Waals surface area contributed by atoms with Crippen LogP contribution in [0, 0.1) is 0 Å². The van der Waals surface area contributed by atoms with Gasteiger partial charge in [-0.15, -0.1) is 5.10 Å². The molecule has 1 aromatic rings. The predicted molar refractivity (Wildman–Crippen MR) is 46.5 cm³/mol. The first-order valence-corrected chi connectivity index (χ1v) is 4.16. The number of carboxylic acid groups (broad SMARTS) is 1. The molecule has 5 nitrogen and oxygen atoms in total. The fraction of sp³-hybridized carbons (Fsp3) is 0.625. The molecule has 0 aliphatic heterocycles. The second-order valence-corrected chi connectivity index (χ2v) is 3.67. The molecular formula is C8H12FN3O2. The van der Waals surface area contributed by atoms with Crippen LogP contribution in [0.5, 0.6) is 0 Å². The summed E-state index contributed by atoms with van der Waals surface area (Å²) in [6, 6.07) is 0. The standard InChI is InChI=1S/C8H12FN3O2/c1-8(2,9)5-12-6(3-7(13)14)4-10-11-12/h4H,3,5H2,1-2H3,(H,13,14). The van der Waals surface area contributed by atoms with Crippen LogP contribution in [-0.4, -0.2) is 31.7 Å². The number of carbonyl (C=O) groups is 1. The zero-order chi connectivity index (χ0) is 10.8. The molecule has 0 saturated heterocycles. The molecule has 0 radical (unpaired) electrons. The van der Waals surface area contributed by atoms with Crippen molar-refractivity contribution in [2.75, 3.05) is 0 Å². The first-order valence-electron chi connectivity index (χ1n) is 4.16. The van der Waals surface area contributed by atoms with Crippen molar-refractivity contribution in [1.29, 1.82) is 0 Å². The van der Waals surface area contributed by atoms with Crippen molar-refractivity contribution in [3.8, 4) is 0 Å². The van der Waals surface area contributed by atoms with E-state index in [0.29, 0.717) is 5.69 Å². The summed E-state index contributed by atoms with van der Waals surface area (Å²) < 4.78 is 14.5. The van der Waals surface area contributed by atoms with E-state index in [0.717, 1.165) is 0 Å². The van der Waals surface area contributed by atoms with Gasteiger partial charge in [0.1, 0.15) is 5.67 Å². The Morgan fingerprint density at radius 1 is 1.71 bits per heavy atom. The number of hydrogen-bond acceptors (Lipinski definition) is 3. The molecule has 0 bridgehead atoms. The van der Waals surface area contributed by atoms with Crippen LogP contribution >= 0.6 is 0 Å². The van der Waals surface area contributed by atoms with Gasteiger partial charge in [0.25, 0.3) is 0 Å². The summed E-state index contributed by atoms with van der Waals surface area (Å²) >= 11 is 0. The Bertz CT molecular complexity index is 330. The van der Waals surface area contributed by atoms with Gasteiger partial charge in [-0.1, -0.05) is 5.21 Å². The molecule has 0 aromatic carbocycles. The van der Waals surface area contributed by atoms with Crippen LogP contribution in [0.3, 0.4) is 0 Å². The number of alkyl halides is 1. The molecule has 6 heteroatoms. The van der Waals surface area contributed by atoms with Gasteiger partial charge < -0.3 is 5.11 Å². The number of aromatic nitrogens is 3. The van der Waals surface area contributed by atoms with E-state index in [1.54, 1.807) is 0 Å². The van der Waals surface area contributed by atoms with Crippen molar-refractivity contribution < 1.29 is 14.3 Å². The highest BCUT2D eigenvalue weighted by Crippen LogP contribution is 2.12.